The third kappa shape index (κ3) is 3.65. The maximum absolute atomic E-state index is 8.66. The molecule has 0 bridgehead atoms. The van der Waals surface area contributed by atoms with Crippen LogP contribution in [0.2, 0.25) is 0 Å². The van der Waals surface area contributed by atoms with Crippen LogP contribution >= 0.6 is 0 Å². The number of nitrogens with two attached hydrogens (primary N) is 2. The highest BCUT2D eigenvalue weighted by Crippen LogP contribution is 2.17. The molecule has 0 atom stereocenters. The second kappa shape index (κ2) is 6.83. The van der Waals surface area contributed by atoms with Crippen LogP contribution in [0.3, 0.4) is 0 Å². The molecule has 0 amide bonds. The molecule has 0 unspecified atom stereocenters. The van der Waals surface area contributed by atoms with Crippen LogP contribution in [0.5, 0.6) is 0 Å². The van der Waals surface area contributed by atoms with E-state index in [4.69, 9.17) is 16.7 Å². The highest BCUT2D eigenvalue weighted by molar-refractivity contribution is 5.88. The van der Waals surface area contributed by atoms with Crippen LogP contribution in [-0.2, 0) is 0 Å². The van der Waals surface area contributed by atoms with Gasteiger partial charge in [0, 0.05) is 11.4 Å². The van der Waals surface area contributed by atoms with Gasteiger partial charge in [0.15, 0.2) is 0 Å². The van der Waals surface area contributed by atoms with Crippen LogP contribution in [-0.4, -0.2) is 16.0 Å². The maximum Gasteiger partial charge on any atom is 0.134 e. The fourth-order valence-electron chi connectivity index (χ4n) is 2.28. The first kappa shape index (κ1) is 14.2. The van der Waals surface area contributed by atoms with Crippen molar-refractivity contribution in [3.05, 3.63) is 30.1 Å². The molecule has 0 aliphatic heterocycles. The molecule has 1 aromatic heterocycles. The summed E-state index contributed by atoms with van der Waals surface area (Å²) in [5.74, 6) is 0.405. The quantitative estimate of drug-likeness (QED) is 0.764. The number of nitriles is 1. The molecule has 5 nitrogen and oxygen atoms in total. The van der Waals surface area contributed by atoms with Crippen LogP contribution in [0.25, 0.3) is 10.9 Å². The van der Waals surface area contributed by atoms with Crippen LogP contribution in [0.1, 0.15) is 37.7 Å². The summed E-state index contributed by atoms with van der Waals surface area (Å²) in [6.07, 6.45) is 8.07. The number of hydrogen-bond acceptors (Lipinski definition) is 5. The summed E-state index contributed by atoms with van der Waals surface area (Å²) in [6, 6.07) is 7.72. The Kier molecular flexibility index (Phi) is 4.85. The van der Waals surface area contributed by atoms with Gasteiger partial charge >= 0.3 is 0 Å². The van der Waals surface area contributed by atoms with Crippen molar-refractivity contribution in [1.29, 1.82) is 5.26 Å². The molecule has 0 saturated heterocycles. The third-order valence-electron chi connectivity index (χ3n) is 3.45. The zero-order valence-electron chi connectivity index (χ0n) is 11.4. The number of anilines is 1. The standard InChI is InChI=1S/C9H6N4.C6H13N/c10-4-6-1-2-8-7(3-6)9(11)13-5-12-8;7-6-4-2-1-3-5-6/h1-3,5H,(H2,11,12,13);6H,1-5,7H2. The van der Waals surface area contributed by atoms with Gasteiger partial charge in [-0.2, -0.15) is 5.26 Å². The largest absolute Gasteiger partial charge is 0.383 e. The van der Waals surface area contributed by atoms with Crippen molar-refractivity contribution in [3.63, 3.8) is 0 Å². The van der Waals surface area contributed by atoms with E-state index in [1.807, 2.05) is 6.07 Å². The second-order valence-corrected chi connectivity index (χ2v) is 5.00. The maximum atomic E-state index is 8.66. The number of nitrogens with zero attached hydrogens (tertiary/aromatic N) is 3. The third-order valence-corrected chi connectivity index (χ3v) is 3.45. The van der Waals surface area contributed by atoms with E-state index in [1.165, 1.54) is 38.4 Å². The van der Waals surface area contributed by atoms with Crippen LogP contribution in [0.15, 0.2) is 24.5 Å². The van der Waals surface area contributed by atoms with Crippen molar-refractivity contribution in [2.75, 3.05) is 5.73 Å². The van der Waals surface area contributed by atoms with E-state index in [-0.39, 0.29) is 0 Å². The van der Waals surface area contributed by atoms with Crippen molar-refractivity contribution in [2.24, 2.45) is 5.73 Å². The average molecular weight is 269 g/mol. The lowest BCUT2D eigenvalue weighted by Gasteiger charge is -2.15. The van der Waals surface area contributed by atoms with Gasteiger partial charge in [-0.1, -0.05) is 19.3 Å². The van der Waals surface area contributed by atoms with Crippen molar-refractivity contribution in [2.45, 2.75) is 38.1 Å². The molecule has 104 valence electrons. The fourth-order valence-corrected chi connectivity index (χ4v) is 2.28. The minimum atomic E-state index is 0.405. The Morgan fingerprint density at radius 1 is 1.15 bits per heavy atom. The zero-order chi connectivity index (χ0) is 14.4. The molecule has 20 heavy (non-hydrogen) atoms. The minimum Gasteiger partial charge on any atom is -0.383 e. The topological polar surface area (TPSA) is 102 Å². The van der Waals surface area contributed by atoms with Crippen molar-refractivity contribution < 1.29 is 0 Å². The van der Waals surface area contributed by atoms with Gasteiger partial charge < -0.3 is 11.5 Å². The molecule has 4 N–H and O–H groups in total. The summed E-state index contributed by atoms with van der Waals surface area (Å²) in [6.45, 7) is 0. The Balaban J connectivity index is 0.000000178. The van der Waals surface area contributed by atoms with Gasteiger partial charge in [-0.3, -0.25) is 0 Å². The Bertz CT molecular complexity index is 611. The predicted molar refractivity (Wildman–Crippen MR) is 79.7 cm³/mol. The molecule has 1 aliphatic carbocycles. The van der Waals surface area contributed by atoms with Gasteiger partial charge in [-0.05, 0) is 31.0 Å². The van der Waals surface area contributed by atoms with Gasteiger partial charge in [-0.15, -0.1) is 0 Å². The molecule has 1 aromatic carbocycles. The highest BCUT2D eigenvalue weighted by atomic mass is 14.9. The van der Waals surface area contributed by atoms with Crippen LogP contribution < -0.4 is 11.5 Å². The number of fused-ring (bicyclic) bond motifs is 1. The summed E-state index contributed by atoms with van der Waals surface area (Å²) < 4.78 is 0. The molecule has 1 saturated carbocycles. The van der Waals surface area contributed by atoms with Gasteiger partial charge in [0.05, 0.1) is 17.1 Å². The first-order valence-corrected chi connectivity index (χ1v) is 6.86. The fraction of sp³-hybridized carbons (Fsp3) is 0.400. The van der Waals surface area contributed by atoms with E-state index < -0.39 is 0 Å². The Morgan fingerprint density at radius 2 is 1.90 bits per heavy atom. The number of rotatable bonds is 0. The number of aromatic nitrogens is 2. The Hall–Kier alpha value is -2.19. The predicted octanol–water partition coefficient (Wildman–Crippen LogP) is 2.36. The van der Waals surface area contributed by atoms with Gasteiger partial charge in [-0.25, -0.2) is 9.97 Å². The molecule has 1 heterocycles. The van der Waals surface area contributed by atoms with Crippen LogP contribution in [0, 0.1) is 11.3 Å². The van der Waals surface area contributed by atoms with Crippen molar-refractivity contribution in [3.8, 4) is 6.07 Å². The van der Waals surface area contributed by atoms with E-state index in [1.54, 1.807) is 18.2 Å². The van der Waals surface area contributed by atoms with Gasteiger partial charge in [0.25, 0.3) is 0 Å². The van der Waals surface area contributed by atoms with E-state index >= 15 is 0 Å². The lowest BCUT2D eigenvalue weighted by Crippen LogP contribution is -2.22. The molecule has 1 aliphatic rings. The van der Waals surface area contributed by atoms with Gasteiger partial charge in [0.2, 0.25) is 0 Å². The first-order valence-electron chi connectivity index (χ1n) is 6.86. The second-order valence-electron chi connectivity index (χ2n) is 5.00. The molecule has 0 spiro atoms. The van der Waals surface area contributed by atoms with Crippen molar-refractivity contribution in [1.82, 2.24) is 9.97 Å². The summed E-state index contributed by atoms with van der Waals surface area (Å²) >= 11 is 0. The summed E-state index contributed by atoms with van der Waals surface area (Å²) in [5, 5.41) is 9.38. The summed E-state index contributed by atoms with van der Waals surface area (Å²) in [4.78, 5) is 7.86. The van der Waals surface area contributed by atoms with E-state index in [2.05, 4.69) is 9.97 Å². The number of hydrogen-bond donors (Lipinski definition) is 2. The zero-order valence-corrected chi connectivity index (χ0v) is 11.4. The first-order chi connectivity index (χ1) is 9.70. The van der Waals surface area contributed by atoms with E-state index in [0.29, 0.717) is 17.4 Å². The monoisotopic (exact) mass is 269 g/mol. The minimum absolute atomic E-state index is 0.405. The molecule has 2 aromatic rings. The van der Waals surface area contributed by atoms with E-state index in [9.17, 15) is 0 Å². The normalized spacial score (nSPS) is 15.2. The Morgan fingerprint density at radius 3 is 2.50 bits per heavy atom. The van der Waals surface area contributed by atoms with Crippen LogP contribution in [0.4, 0.5) is 5.82 Å². The molecule has 0 radical (unpaired) electrons. The summed E-state index contributed by atoms with van der Waals surface area (Å²) in [7, 11) is 0. The SMILES string of the molecule is N#Cc1ccc2ncnc(N)c2c1.NC1CCCCC1. The number of benzene rings is 1. The lowest BCUT2D eigenvalue weighted by atomic mass is 9.97. The summed E-state index contributed by atoms with van der Waals surface area (Å²) in [5.41, 5.74) is 12.6. The number of nitrogen functional groups attached to an aromatic ring is 1. The van der Waals surface area contributed by atoms with E-state index in [0.717, 1.165) is 10.9 Å². The highest BCUT2D eigenvalue weighted by Gasteiger charge is 2.06. The van der Waals surface area contributed by atoms with Crippen molar-refractivity contribution >= 4 is 16.7 Å². The molecule has 5 heteroatoms. The Labute approximate surface area is 118 Å². The average Bonchev–Trinajstić information content (AvgIpc) is 2.49. The smallest absolute Gasteiger partial charge is 0.134 e. The molecule has 1 fully saturated rings. The van der Waals surface area contributed by atoms with Gasteiger partial charge in [0.1, 0.15) is 12.1 Å². The molecular weight excluding hydrogens is 250 g/mol. The molecular formula is C15H19N5. The molecule has 3 rings (SSSR count). The lowest BCUT2D eigenvalue weighted by molar-refractivity contribution is 0.441.